The summed E-state index contributed by atoms with van der Waals surface area (Å²) in [5, 5.41) is 3.63. The van der Waals surface area contributed by atoms with Crippen molar-refractivity contribution in [1.82, 2.24) is 0 Å². The average molecular weight is 373 g/mol. The van der Waals surface area contributed by atoms with E-state index in [1.807, 2.05) is 38.1 Å². The fourth-order valence-corrected chi connectivity index (χ4v) is 3.18. The van der Waals surface area contributed by atoms with Crippen LogP contribution in [-0.4, -0.2) is 30.6 Å². The van der Waals surface area contributed by atoms with Crippen molar-refractivity contribution in [2.24, 2.45) is 0 Å². The summed E-state index contributed by atoms with van der Waals surface area (Å²) in [6.07, 6.45) is 0.534. The topological polar surface area (TPSA) is 58.6 Å². The number of anilines is 2. The molecule has 1 aliphatic heterocycles. The maximum Gasteiger partial charge on any atom is 0.339 e. The van der Waals surface area contributed by atoms with Crippen molar-refractivity contribution in [1.29, 1.82) is 0 Å². The summed E-state index contributed by atoms with van der Waals surface area (Å²) in [6, 6.07) is 14.5. The van der Waals surface area contributed by atoms with E-state index in [0.717, 1.165) is 11.4 Å². The summed E-state index contributed by atoms with van der Waals surface area (Å²) in [4.78, 5) is 26.6. The Balaban J connectivity index is 1.62. The number of carbonyl (C=O) groups excluding carboxylic acids is 2. The first-order valence-corrected chi connectivity index (χ1v) is 8.89. The molecule has 0 unspecified atom stereocenters. The molecule has 26 heavy (non-hydrogen) atoms. The molecule has 1 heterocycles. The number of halogens is 1. The Bertz CT molecular complexity index is 835. The maximum atomic E-state index is 12.7. The van der Waals surface area contributed by atoms with Gasteiger partial charge in [-0.1, -0.05) is 35.9 Å². The van der Waals surface area contributed by atoms with Gasteiger partial charge in [-0.25, -0.2) is 4.79 Å². The predicted octanol–water partition coefficient (Wildman–Crippen LogP) is 4.12. The van der Waals surface area contributed by atoms with Crippen molar-refractivity contribution in [3.05, 3.63) is 59.1 Å². The Morgan fingerprint density at radius 3 is 2.62 bits per heavy atom. The van der Waals surface area contributed by atoms with E-state index in [4.69, 9.17) is 16.3 Å². The van der Waals surface area contributed by atoms with Crippen LogP contribution in [0.1, 0.15) is 30.6 Å². The highest BCUT2D eigenvalue weighted by Crippen LogP contribution is 2.34. The van der Waals surface area contributed by atoms with Gasteiger partial charge in [-0.15, -0.1) is 0 Å². The van der Waals surface area contributed by atoms with E-state index in [0.29, 0.717) is 23.6 Å². The van der Waals surface area contributed by atoms with Crippen molar-refractivity contribution in [2.45, 2.75) is 25.8 Å². The Morgan fingerprint density at radius 1 is 1.15 bits per heavy atom. The summed E-state index contributed by atoms with van der Waals surface area (Å²) < 4.78 is 5.30. The molecule has 1 aliphatic rings. The molecule has 136 valence electrons. The number of rotatable bonds is 5. The van der Waals surface area contributed by atoms with Gasteiger partial charge in [-0.2, -0.15) is 0 Å². The first-order valence-electron chi connectivity index (χ1n) is 8.51. The Kier molecular flexibility index (Phi) is 5.18. The van der Waals surface area contributed by atoms with Crippen molar-refractivity contribution in [3.63, 3.8) is 0 Å². The molecule has 1 amide bonds. The van der Waals surface area contributed by atoms with Crippen LogP contribution in [0.25, 0.3) is 0 Å². The van der Waals surface area contributed by atoms with E-state index in [9.17, 15) is 9.59 Å². The summed E-state index contributed by atoms with van der Waals surface area (Å²) in [7, 11) is 0. The van der Waals surface area contributed by atoms with Crippen LogP contribution < -0.4 is 10.2 Å². The molecule has 0 bridgehead atoms. The van der Waals surface area contributed by atoms with E-state index in [1.54, 1.807) is 29.2 Å². The summed E-state index contributed by atoms with van der Waals surface area (Å²) in [5.74, 6) is -0.461. The van der Waals surface area contributed by atoms with E-state index in [1.165, 1.54) is 0 Å². The molecule has 0 fully saturated rings. The molecule has 1 N–H and O–H groups in total. The molecule has 0 aromatic heterocycles. The molecule has 0 spiro atoms. The Hall–Kier alpha value is -2.53. The third-order valence-electron chi connectivity index (χ3n) is 4.27. The standard InChI is InChI=1S/C20H21ClN2O3/c1-20(2)19(25)23(17-11-6-5-10-16(17)22-20)12-7-13-26-18(24)14-8-3-4-9-15(14)21/h3-6,8-11,22H,7,12-13H2,1-2H3. The fraction of sp³-hybridized carbons (Fsp3) is 0.300. The SMILES string of the molecule is CC1(C)Nc2ccccc2N(CCCOC(=O)c2ccccc2Cl)C1=O. The number of carbonyl (C=O) groups is 2. The van der Waals surface area contributed by atoms with Crippen molar-refractivity contribution in [3.8, 4) is 0 Å². The zero-order valence-corrected chi connectivity index (χ0v) is 15.5. The minimum atomic E-state index is -0.678. The number of fused-ring (bicyclic) bond motifs is 1. The largest absolute Gasteiger partial charge is 0.462 e. The van der Waals surface area contributed by atoms with E-state index >= 15 is 0 Å². The lowest BCUT2D eigenvalue weighted by Gasteiger charge is -2.40. The van der Waals surface area contributed by atoms with Crippen LogP contribution in [0, 0.1) is 0 Å². The summed E-state index contributed by atoms with van der Waals surface area (Å²) in [6.45, 7) is 4.39. The normalized spacial score (nSPS) is 15.2. The number of ether oxygens (including phenoxy) is 1. The highest BCUT2D eigenvalue weighted by molar-refractivity contribution is 6.33. The summed E-state index contributed by atoms with van der Waals surface area (Å²) in [5.41, 5.74) is 1.43. The number of para-hydroxylation sites is 2. The molecule has 0 aliphatic carbocycles. The second kappa shape index (κ2) is 7.38. The first-order chi connectivity index (χ1) is 12.4. The van der Waals surface area contributed by atoms with Crippen LogP contribution in [0.5, 0.6) is 0 Å². The number of hydrogen-bond donors (Lipinski definition) is 1. The quantitative estimate of drug-likeness (QED) is 0.633. The van der Waals surface area contributed by atoms with E-state index < -0.39 is 11.5 Å². The molecule has 0 saturated carbocycles. The third kappa shape index (κ3) is 3.68. The molecular weight excluding hydrogens is 352 g/mol. The second-order valence-corrected chi connectivity index (χ2v) is 7.10. The van der Waals surface area contributed by atoms with Crippen LogP contribution in [0.4, 0.5) is 11.4 Å². The number of nitrogens with zero attached hydrogens (tertiary/aromatic N) is 1. The third-order valence-corrected chi connectivity index (χ3v) is 4.60. The highest BCUT2D eigenvalue weighted by atomic mass is 35.5. The number of nitrogens with one attached hydrogen (secondary N) is 1. The van der Waals surface area contributed by atoms with Gasteiger partial charge in [0, 0.05) is 6.54 Å². The molecule has 5 nitrogen and oxygen atoms in total. The minimum Gasteiger partial charge on any atom is -0.462 e. The lowest BCUT2D eigenvalue weighted by molar-refractivity contribution is -0.122. The van der Waals surface area contributed by atoms with Crippen LogP contribution >= 0.6 is 11.6 Å². The van der Waals surface area contributed by atoms with E-state index in [-0.39, 0.29) is 12.5 Å². The molecule has 2 aromatic rings. The van der Waals surface area contributed by atoms with Gasteiger partial charge < -0.3 is 15.0 Å². The number of hydrogen-bond acceptors (Lipinski definition) is 4. The zero-order valence-electron chi connectivity index (χ0n) is 14.8. The average Bonchev–Trinajstić information content (AvgIpc) is 2.61. The number of esters is 1. The molecule has 0 atom stereocenters. The van der Waals surface area contributed by atoms with Gasteiger partial charge in [0.2, 0.25) is 0 Å². The molecule has 6 heteroatoms. The lowest BCUT2D eigenvalue weighted by Crippen LogP contribution is -2.54. The first kappa shape index (κ1) is 18.3. The van der Waals surface area contributed by atoms with Crippen molar-refractivity contribution >= 4 is 34.9 Å². The van der Waals surface area contributed by atoms with Gasteiger partial charge in [-0.3, -0.25) is 4.79 Å². The van der Waals surface area contributed by atoms with Gasteiger partial charge >= 0.3 is 5.97 Å². The minimum absolute atomic E-state index is 0.00590. The monoisotopic (exact) mass is 372 g/mol. The molecule has 0 radical (unpaired) electrons. The van der Waals surface area contributed by atoms with Crippen LogP contribution in [-0.2, 0) is 9.53 Å². The second-order valence-electron chi connectivity index (χ2n) is 6.69. The summed E-state index contributed by atoms with van der Waals surface area (Å²) >= 11 is 6.00. The van der Waals surface area contributed by atoms with Gasteiger partial charge in [0.05, 0.1) is 28.6 Å². The molecular formula is C20H21ClN2O3. The predicted molar refractivity (Wildman–Crippen MR) is 103 cm³/mol. The Labute approximate surface area is 157 Å². The maximum absolute atomic E-state index is 12.7. The Morgan fingerprint density at radius 2 is 1.85 bits per heavy atom. The number of benzene rings is 2. The van der Waals surface area contributed by atoms with Gasteiger partial charge in [0.1, 0.15) is 5.54 Å². The smallest absolute Gasteiger partial charge is 0.339 e. The van der Waals surface area contributed by atoms with E-state index in [2.05, 4.69) is 5.32 Å². The van der Waals surface area contributed by atoms with Crippen LogP contribution in [0.15, 0.2) is 48.5 Å². The van der Waals surface area contributed by atoms with Gasteiger partial charge in [-0.05, 0) is 44.5 Å². The molecule has 0 saturated heterocycles. The molecule has 2 aromatic carbocycles. The van der Waals surface area contributed by atoms with Crippen LogP contribution in [0.2, 0.25) is 5.02 Å². The fourth-order valence-electron chi connectivity index (χ4n) is 2.97. The lowest BCUT2D eigenvalue weighted by atomic mass is 9.98. The zero-order chi connectivity index (χ0) is 18.7. The van der Waals surface area contributed by atoms with Crippen LogP contribution in [0.3, 0.4) is 0 Å². The van der Waals surface area contributed by atoms with Gasteiger partial charge in [0.25, 0.3) is 5.91 Å². The number of amides is 1. The highest BCUT2D eigenvalue weighted by Gasteiger charge is 2.38. The van der Waals surface area contributed by atoms with Gasteiger partial charge in [0.15, 0.2) is 0 Å². The van der Waals surface area contributed by atoms with Crippen molar-refractivity contribution in [2.75, 3.05) is 23.4 Å². The van der Waals surface area contributed by atoms with Crippen molar-refractivity contribution < 1.29 is 14.3 Å². The molecule has 3 rings (SSSR count).